The van der Waals surface area contributed by atoms with E-state index in [4.69, 9.17) is 27.9 Å². The summed E-state index contributed by atoms with van der Waals surface area (Å²) in [6.07, 6.45) is 0. The maximum absolute atomic E-state index is 12.7. The number of anilines is 1. The minimum Gasteiger partial charge on any atom is -0.545 e. The van der Waals surface area contributed by atoms with Gasteiger partial charge in [-0.15, -0.1) is 0 Å². The van der Waals surface area contributed by atoms with Crippen LogP contribution in [-0.4, -0.2) is 28.5 Å². The van der Waals surface area contributed by atoms with Gasteiger partial charge in [0, 0.05) is 12.6 Å². The Bertz CT molecular complexity index is 881. The average molecular weight is 389 g/mol. The second-order valence-electron chi connectivity index (χ2n) is 4.72. The molecule has 0 bridgehead atoms. The number of sulfonamides is 1. The van der Waals surface area contributed by atoms with Crippen LogP contribution >= 0.6 is 23.2 Å². The van der Waals surface area contributed by atoms with E-state index in [0.717, 1.165) is 16.4 Å². The van der Waals surface area contributed by atoms with Gasteiger partial charge in [-0.25, -0.2) is 8.42 Å². The zero-order chi connectivity index (χ0) is 18.1. The van der Waals surface area contributed by atoms with Crippen molar-refractivity contribution in [1.29, 1.82) is 0 Å². The molecule has 0 saturated heterocycles. The van der Waals surface area contributed by atoms with Gasteiger partial charge in [-0.05, 0) is 36.4 Å². The first-order valence-corrected chi connectivity index (χ1v) is 8.71. The highest BCUT2D eigenvalue weighted by molar-refractivity contribution is 7.93. The number of carbonyl (C=O) groups excluding carboxylic acids is 1. The molecular weight excluding hydrogens is 377 g/mol. The fraction of sp³-hybridized carbons (Fsp3) is 0.133. The Kier molecular flexibility index (Phi) is 5.27. The van der Waals surface area contributed by atoms with Gasteiger partial charge >= 0.3 is 0 Å². The van der Waals surface area contributed by atoms with E-state index in [-0.39, 0.29) is 14.9 Å². The maximum Gasteiger partial charge on any atom is 0.265 e. The third kappa shape index (κ3) is 3.43. The molecule has 0 unspecified atom stereocenters. The van der Waals surface area contributed by atoms with Crippen molar-refractivity contribution in [3.63, 3.8) is 0 Å². The van der Waals surface area contributed by atoms with E-state index >= 15 is 0 Å². The molecule has 0 saturated carbocycles. The first-order chi connectivity index (χ1) is 11.2. The molecule has 6 nitrogen and oxygen atoms in total. The number of halogens is 2. The van der Waals surface area contributed by atoms with Crippen molar-refractivity contribution in [3.8, 4) is 5.75 Å². The predicted molar refractivity (Wildman–Crippen MR) is 89.4 cm³/mol. The Hall–Kier alpha value is -1.96. The minimum atomic E-state index is -4.10. The van der Waals surface area contributed by atoms with Crippen LogP contribution in [0.1, 0.15) is 10.4 Å². The van der Waals surface area contributed by atoms with Crippen molar-refractivity contribution in [2.24, 2.45) is 0 Å². The lowest BCUT2D eigenvalue weighted by molar-refractivity contribution is -0.255. The van der Waals surface area contributed by atoms with E-state index in [1.807, 2.05) is 0 Å². The Morgan fingerprint density at radius 1 is 1.12 bits per heavy atom. The van der Waals surface area contributed by atoms with Gasteiger partial charge < -0.3 is 14.6 Å². The number of hydrogen-bond donors (Lipinski definition) is 0. The van der Waals surface area contributed by atoms with Crippen LogP contribution < -0.4 is 14.1 Å². The second kappa shape index (κ2) is 6.88. The van der Waals surface area contributed by atoms with Crippen LogP contribution in [0.4, 0.5) is 5.69 Å². The lowest BCUT2D eigenvalue weighted by Crippen LogP contribution is -2.28. The number of nitrogens with zero attached hydrogens (tertiary/aromatic N) is 1. The third-order valence-electron chi connectivity index (χ3n) is 3.32. The van der Waals surface area contributed by atoms with Gasteiger partial charge in [0.05, 0.1) is 28.8 Å². The molecule has 128 valence electrons. The van der Waals surface area contributed by atoms with Gasteiger partial charge in [-0.1, -0.05) is 23.2 Å². The lowest BCUT2D eigenvalue weighted by Gasteiger charge is -2.21. The normalized spacial score (nSPS) is 11.2. The Balaban J connectivity index is 2.53. The molecule has 0 heterocycles. The number of benzene rings is 2. The van der Waals surface area contributed by atoms with Crippen molar-refractivity contribution in [3.05, 3.63) is 52.0 Å². The topological polar surface area (TPSA) is 86.7 Å². The SMILES string of the molecule is COc1ccc(N(C)S(=O)(=O)c2cc(C(=O)[O-])c(Cl)cc2Cl)cc1. The Morgan fingerprint density at radius 2 is 1.71 bits per heavy atom. The van der Waals surface area contributed by atoms with Crippen LogP contribution in [0, 0.1) is 0 Å². The summed E-state index contributed by atoms with van der Waals surface area (Å²) in [4.78, 5) is 10.7. The summed E-state index contributed by atoms with van der Waals surface area (Å²) in [6.45, 7) is 0. The van der Waals surface area contributed by atoms with E-state index in [0.29, 0.717) is 11.4 Å². The Labute approximate surface area is 149 Å². The summed E-state index contributed by atoms with van der Waals surface area (Å²) >= 11 is 11.7. The number of methoxy groups -OCH3 is 1. The molecule has 0 radical (unpaired) electrons. The summed E-state index contributed by atoms with van der Waals surface area (Å²) in [5.41, 5.74) is -0.111. The largest absolute Gasteiger partial charge is 0.545 e. The second-order valence-corrected chi connectivity index (χ2v) is 7.47. The van der Waals surface area contributed by atoms with E-state index < -0.39 is 21.6 Å². The first kappa shape index (κ1) is 18.4. The highest BCUT2D eigenvalue weighted by atomic mass is 35.5. The van der Waals surface area contributed by atoms with Crippen LogP contribution in [0.2, 0.25) is 10.0 Å². The van der Waals surface area contributed by atoms with Gasteiger partial charge in [0.2, 0.25) is 0 Å². The monoisotopic (exact) mass is 388 g/mol. The van der Waals surface area contributed by atoms with Crippen molar-refractivity contribution in [2.45, 2.75) is 4.90 Å². The van der Waals surface area contributed by atoms with Crippen LogP contribution in [0.5, 0.6) is 5.75 Å². The highest BCUT2D eigenvalue weighted by Crippen LogP contribution is 2.32. The van der Waals surface area contributed by atoms with Crippen LogP contribution in [-0.2, 0) is 10.0 Å². The number of carbonyl (C=O) groups is 1. The van der Waals surface area contributed by atoms with Crippen LogP contribution in [0.15, 0.2) is 41.3 Å². The van der Waals surface area contributed by atoms with Crippen molar-refractivity contribution >= 4 is 44.9 Å². The molecule has 2 aromatic carbocycles. The molecule has 9 heteroatoms. The first-order valence-electron chi connectivity index (χ1n) is 6.52. The molecule has 2 rings (SSSR count). The minimum absolute atomic E-state index is 0.189. The van der Waals surface area contributed by atoms with E-state index in [1.165, 1.54) is 14.2 Å². The molecule has 0 aliphatic rings. The van der Waals surface area contributed by atoms with Crippen molar-refractivity contribution in [2.75, 3.05) is 18.5 Å². The number of hydrogen-bond acceptors (Lipinski definition) is 5. The Morgan fingerprint density at radius 3 is 2.21 bits per heavy atom. The van der Waals surface area contributed by atoms with Gasteiger partial charge in [0.15, 0.2) is 0 Å². The molecular formula is C15H12Cl2NO5S-. The fourth-order valence-corrected chi connectivity index (χ4v) is 3.98. The standard InChI is InChI=1S/C15H13Cl2NO5S/c1-18(9-3-5-10(23-2)6-4-9)24(21,22)14-7-11(15(19)20)12(16)8-13(14)17/h3-8H,1-2H3,(H,19,20)/p-1. The fourth-order valence-electron chi connectivity index (χ4n) is 1.96. The molecule has 0 atom stereocenters. The molecule has 0 aliphatic carbocycles. The summed E-state index contributed by atoms with van der Waals surface area (Å²) in [5.74, 6) is -1.03. The van der Waals surface area contributed by atoms with Crippen LogP contribution in [0.25, 0.3) is 0 Å². The van der Waals surface area contributed by atoms with E-state index in [2.05, 4.69) is 0 Å². The summed E-state index contributed by atoms with van der Waals surface area (Å²) in [6, 6.07) is 8.22. The maximum atomic E-state index is 12.7. The number of carboxylic acid groups (broad SMARTS) is 1. The van der Waals surface area contributed by atoms with Gasteiger partial charge in [0.25, 0.3) is 10.0 Å². The molecule has 0 aromatic heterocycles. The quantitative estimate of drug-likeness (QED) is 0.783. The van der Waals surface area contributed by atoms with Gasteiger partial charge in [-0.2, -0.15) is 0 Å². The highest BCUT2D eigenvalue weighted by Gasteiger charge is 2.25. The summed E-state index contributed by atoms with van der Waals surface area (Å²) < 4.78 is 31.5. The molecule has 0 fully saturated rings. The number of rotatable bonds is 5. The van der Waals surface area contributed by atoms with E-state index in [1.54, 1.807) is 24.3 Å². The van der Waals surface area contributed by atoms with Crippen LogP contribution in [0.3, 0.4) is 0 Å². The zero-order valence-corrected chi connectivity index (χ0v) is 14.9. The average Bonchev–Trinajstić information content (AvgIpc) is 2.53. The van der Waals surface area contributed by atoms with E-state index in [9.17, 15) is 18.3 Å². The zero-order valence-electron chi connectivity index (χ0n) is 12.6. The number of ether oxygens (including phenoxy) is 1. The molecule has 0 spiro atoms. The number of carboxylic acids is 1. The van der Waals surface area contributed by atoms with Gasteiger partial charge in [-0.3, -0.25) is 4.31 Å². The lowest BCUT2D eigenvalue weighted by atomic mass is 10.2. The number of aromatic carboxylic acids is 1. The summed E-state index contributed by atoms with van der Waals surface area (Å²) in [5, 5.41) is 10.7. The molecule has 2 aromatic rings. The molecule has 0 N–H and O–H groups in total. The third-order valence-corrected chi connectivity index (χ3v) is 5.88. The molecule has 0 amide bonds. The van der Waals surface area contributed by atoms with Crippen molar-refractivity contribution in [1.82, 2.24) is 0 Å². The van der Waals surface area contributed by atoms with Gasteiger partial charge in [0.1, 0.15) is 10.6 Å². The predicted octanol–water partition coefficient (Wildman–Crippen LogP) is 2.19. The molecule has 0 aliphatic heterocycles. The summed E-state index contributed by atoms with van der Waals surface area (Å²) in [7, 11) is -1.29. The smallest absolute Gasteiger partial charge is 0.265 e. The van der Waals surface area contributed by atoms with Crippen molar-refractivity contribution < 1.29 is 23.1 Å². The molecule has 24 heavy (non-hydrogen) atoms.